The van der Waals surface area contributed by atoms with Gasteiger partial charge in [0.05, 0.1) is 12.2 Å². The van der Waals surface area contributed by atoms with Crippen LogP contribution in [0.3, 0.4) is 0 Å². The molecule has 0 spiro atoms. The fourth-order valence-electron chi connectivity index (χ4n) is 2.01. The van der Waals surface area contributed by atoms with Crippen LogP contribution in [0.2, 0.25) is 0 Å². The summed E-state index contributed by atoms with van der Waals surface area (Å²) >= 11 is 0. The van der Waals surface area contributed by atoms with E-state index in [-0.39, 0.29) is 0 Å². The number of hydrogen-bond acceptors (Lipinski definition) is 2. The Kier molecular flexibility index (Phi) is 3.99. The predicted molar refractivity (Wildman–Crippen MR) is 70.0 cm³/mol. The number of ether oxygens (including phenoxy) is 1. The smallest absolute Gasteiger partial charge is 0.336 e. The lowest BCUT2D eigenvalue weighted by Crippen LogP contribution is -2.05. The second kappa shape index (κ2) is 5.69. The zero-order valence-corrected chi connectivity index (χ0v) is 10.4. The molecular weight excluding hydrogens is 230 g/mol. The van der Waals surface area contributed by atoms with E-state index in [1.54, 1.807) is 12.1 Å². The summed E-state index contributed by atoms with van der Waals surface area (Å²) in [5.74, 6) is -0.888. The van der Waals surface area contributed by atoms with Crippen LogP contribution in [0.4, 0.5) is 0 Å². The molecule has 0 bridgehead atoms. The van der Waals surface area contributed by atoms with Crippen molar-refractivity contribution in [2.45, 2.75) is 19.9 Å². The summed E-state index contributed by atoms with van der Waals surface area (Å²) in [5.41, 5.74) is 1.29. The van der Waals surface area contributed by atoms with Gasteiger partial charge in [-0.2, -0.15) is 0 Å². The lowest BCUT2D eigenvalue weighted by atomic mass is 10.1. The monoisotopic (exact) mass is 247 g/mol. The highest BCUT2D eigenvalue weighted by Crippen LogP contribution is 2.20. The Morgan fingerprint density at radius 2 is 2.17 bits per heavy atom. The standard InChI is InChI=1S/C14H17NO3/c1-2-9-18-10-8-15-7-6-11-12(14(16)17)4-3-5-13(11)15/h3-7H,2,8-10H2,1H3,(H,16,17). The van der Waals surface area contributed by atoms with Gasteiger partial charge >= 0.3 is 5.97 Å². The first-order valence-corrected chi connectivity index (χ1v) is 6.13. The van der Waals surface area contributed by atoms with Gasteiger partial charge in [-0.15, -0.1) is 0 Å². The molecule has 0 atom stereocenters. The quantitative estimate of drug-likeness (QED) is 0.798. The summed E-state index contributed by atoms with van der Waals surface area (Å²) in [7, 11) is 0. The van der Waals surface area contributed by atoms with E-state index < -0.39 is 5.97 Å². The molecule has 0 aliphatic carbocycles. The second-order valence-corrected chi connectivity index (χ2v) is 4.17. The van der Waals surface area contributed by atoms with Gasteiger partial charge in [-0.3, -0.25) is 0 Å². The van der Waals surface area contributed by atoms with E-state index in [9.17, 15) is 4.79 Å². The van der Waals surface area contributed by atoms with Crippen LogP contribution >= 0.6 is 0 Å². The molecule has 1 N–H and O–H groups in total. The second-order valence-electron chi connectivity index (χ2n) is 4.17. The molecular formula is C14H17NO3. The lowest BCUT2D eigenvalue weighted by molar-refractivity contribution is 0.0699. The first-order chi connectivity index (χ1) is 8.74. The van der Waals surface area contributed by atoms with Crippen molar-refractivity contribution in [3.8, 4) is 0 Å². The van der Waals surface area contributed by atoms with Crippen molar-refractivity contribution in [1.82, 2.24) is 4.57 Å². The number of carboxylic acid groups (broad SMARTS) is 1. The van der Waals surface area contributed by atoms with Gasteiger partial charge in [0.15, 0.2) is 0 Å². The van der Waals surface area contributed by atoms with Crippen molar-refractivity contribution >= 4 is 16.9 Å². The van der Waals surface area contributed by atoms with Crippen molar-refractivity contribution in [2.24, 2.45) is 0 Å². The fraction of sp³-hybridized carbons (Fsp3) is 0.357. The number of fused-ring (bicyclic) bond motifs is 1. The highest BCUT2D eigenvalue weighted by atomic mass is 16.5. The van der Waals surface area contributed by atoms with Gasteiger partial charge < -0.3 is 14.4 Å². The van der Waals surface area contributed by atoms with E-state index in [0.717, 1.165) is 30.5 Å². The maximum atomic E-state index is 11.1. The molecule has 0 radical (unpaired) electrons. The van der Waals surface area contributed by atoms with Crippen LogP contribution in [-0.4, -0.2) is 28.9 Å². The number of benzene rings is 1. The molecule has 2 rings (SSSR count). The zero-order valence-electron chi connectivity index (χ0n) is 10.4. The number of rotatable bonds is 6. The maximum absolute atomic E-state index is 11.1. The number of nitrogens with zero attached hydrogens (tertiary/aromatic N) is 1. The molecule has 0 aliphatic heterocycles. The molecule has 1 heterocycles. The van der Waals surface area contributed by atoms with Gasteiger partial charge in [-0.05, 0) is 24.6 Å². The van der Waals surface area contributed by atoms with Crippen LogP contribution in [0, 0.1) is 0 Å². The molecule has 96 valence electrons. The summed E-state index contributed by atoms with van der Waals surface area (Å²) in [6.45, 7) is 4.23. The molecule has 1 aromatic carbocycles. The molecule has 4 heteroatoms. The molecule has 0 unspecified atom stereocenters. The summed E-state index contributed by atoms with van der Waals surface area (Å²) < 4.78 is 7.47. The van der Waals surface area contributed by atoms with Crippen molar-refractivity contribution < 1.29 is 14.6 Å². The molecule has 18 heavy (non-hydrogen) atoms. The minimum Gasteiger partial charge on any atom is -0.478 e. The molecule has 2 aromatic rings. The van der Waals surface area contributed by atoms with E-state index in [4.69, 9.17) is 9.84 Å². The third kappa shape index (κ3) is 2.54. The summed E-state index contributed by atoms with van der Waals surface area (Å²) in [6.07, 6.45) is 2.92. The Labute approximate surface area is 106 Å². The lowest BCUT2D eigenvalue weighted by Gasteiger charge is -2.06. The van der Waals surface area contributed by atoms with Crippen LogP contribution in [0.5, 0.6) is 0 Å². The Morgan fingerprint density at radius 3 is 2.89 bits per heavy atom. The number of carbonyl (C=O) groups is 1. The largest absolute Gasteiger partial charge is 0.478 e. The number of aromatic carboxylic acids is 1. The predicted octanol–water partition coefficient (Wildman–Crippen LogP) is 2.77. The molecule has 0 saturated heterocycles. The molecule has 0 amide bonds. The van der Waals surface area contributed by atoms with Gasteiger partial charge in [-0.1, -0.05) is 13.0 Å². The average molecular weight is 247 g/mol. The Balaban J connectivity index is 2.20. The van der Waals surface area contributed by atoms with Crippen LogP contribution in [0.15, 0.2) is 30.5 Å². The first-order valence-electron chi connectivity index (χ1n) is 6.13. The van der Waals surface area contributed by atoms with Crippen molar-refractivity contribution in [1.29, 1.82) is 0 Å². The minimum absolute atomic E-state index is 0.348. The van der Waals surface area contributed by atoms with E-state index in [0.29, 0.717) is 12.2 Å². The third-order valence-electron chi connectivity index (χ3n) is 2.87. The Hall–Kier alpha value is -1.81. The molecule has 0 aliphatic rings. The highest BCUT2D eigenvalue weighted by molar-refractivity contribution is 6.02. The molecule has 1 aromatic heterocycles. The molecule has 4 nitrogen and oxygen atoms in total. The van der Waals surface area contributed by atoms with Crippen molar-refractivity contribution in [2.75, 3.05) is 13.2 Å². The minimum atomic E-state index is -0.888. The van der Waals surface area contributed by atoms with Crippen LogP contribution < -0.4 is 0 Å². The maximum Gasteiger partial charge on any atom is 0.336 e. The topological polar surface area (TPSA) is 51.5 Å². The van der Waals surface area contributed by atoms with Gasteiger partial charge in [0, 0.05) is 30.3 Å². The Morgan fingerprint density at radius 1 is 1.33 bits per heavy atom. The Bertz CT molecular complexity index is 545. The normalized spacial score (nSPS) is 10.9. The van der Waals surface area contributed by atoms with Gasteiger partial charge in [0.1, 0.15) is 0 Å². The third-order valence-corrected chi connectivity index (χ3v) is 2.87. The van der Waals surface area contributed by atoms with Crippen molar-refractivity contribution in [3.63, 3.8) is 0 Å². The number of hydrogen-bond donors (Lipinski definition) is 1. The summed E-state index contributed by atoms with van der Waals surface area (Å²) in [6, 6.07) is 7.18. The van der Waals surface area contributed by atoms with Crippen LogP contribution in [0.1, 0.15) is 23.7 Å². The number of aromatic nitrogens is 1. The highest BCUT2D eigenvalue weighted by Gasteiger charge is 2.10. The average Bonchev–Trinajstić information content (AvgIpc) is 2.77. The first kappa shape index (κ1) is 12.6. The van der Waals surface area contributed by atoms with Gasteiger partial charge in [0.2, 0.25) is 0 Å². The molecule has 0 saturated carbocycles. The van der Waals surface area contributed by atoms with Crippen LogP contribution in [0.25, 0.3) is 10.9 Å². The van der Waals surface area contributed by atoms with E-state index >= 15 is 0 Å². The summed E-state index contributed by atoms with van der Waals surface area (Å²) in [5, 5.41) is 9.88. The van der Waals surface area contributed by atoms with Crippen molar-refractivity contribution in [3.05, 3.63) is 36.0 Å². The van der Waals surface area contributed by atoms with E-state index in [2.05, 4.69) is 6.92 Å². The number of carboxylic acids is 1. The van der Waals surface area contributed by atoms with E-state index in [1.165, 1.54) is 0 Å². The fourth-order valence-corrected chi connectivity index (χ4v) is 2.01. The SMILES string of the molecule is CCCOCCn1ccc2c(C(=O)O)cccc21. The van der Waals surface area contributed by atoms with Crippen LogP contribution in [-0.2, 0) is 11.3 Å². The van der Waals surface area contributed by atoms with Gasteiger partial charge in [0.25, 0.3) is 0 Å². The zero-order chi connectivity index (χ0) is 13.0. The molecule has 0 fully saturated rings. The summed E-state index contributed by atoms with van der Waals surface area (Å²) in [4.78, 5) is 11.1. The van der Waals surface area contributed by atoms with Gasteiger partial charge in [-0.25, -0.2) is 4.79 Å². The van der Waals surface area contributed by atoms with E-state index in [1.807, 2.05) is 22.9 Å².